The summed E-state index contributed by atoms with van der Waals surface area (Å²) >= 11 is 0. The summed E-state index contributed by atoms with van der Waals surface area (Å²) in [4.78, 5) is 0. The van der Waals surface area contributed by atoms with E-state index < -0.39 is 0 Å². The van der Waals surface area contributed by atoms with Gasteiger partial charge in [0.05, 0.1) is 17.0 Å². The van der Waals surface area contributed by atoms with E-state index in [0.717, 1.165) is 0 Å². The van der Waals surface area contributed by atoms with Crippen LogP contribution in [0.25, 0.3) is 0 Å². The van der Waals surface area contributed by atoms with Crippen LogP contribution in [0.1, 0.15) is 13.3 Å². The smallest absolute Gasteiger partial charge is 0.101 e. The molecular formula is C7H9N3. The minimum Gasteiger partial charge on any atom is -0.303 e. The molecule has 0 aromatic rings. The molecule has 3 heteroatoms. The highest BCUT2D eigenvalue weighted by molar-refractivity contribution is 6.46. The van der Waals surface area contributed by atoms with Crippen molar-refractivity contribution in [3.8, 4) is 6.07 Å². The van der Waals surface area contributed by atoms with Gasteiger partial charge in [0.25, 0.3) is 0 Å². The van der Waals surface area contributed by atoms with Crippen molar-refractivity contribution < 1.29 is 0 Å². The van der Waals surface area contributed by atoms with Crippen molar-refractivity contribution in [2.24, 2.45) is 0 Å². The first kappa shape index (κ1) is 8.57. The highest BCUT2D eigenvalue weighted by Gasteiger charge is 2.04. The van der Waals surface area contributed by atoms with Crippen LogP contribution < -0.4 is 0 Å². The summed E-state index contributed by atoms with van der Waals surface area (Å²) in [7, 11) is 0. The molecule has 52 valence electrons. The van der Waals surface area contributed by atoms with Gasteiger partial charge in [-0.2, -0.15) is 5.26 Å². The van der Waals surface area contributed by atoms with Crippen LogP contribution >= 0.6 is 0 Å². The molecule has 0 aromatic carbocycles. The Bertz CT molecular complexity index is 219. The zero-order chi connectivity index (χ0) is 8.15. The van der Waals surface area contributed by atoms with Crippen molar-refractivity contribution in [1.29, 1.82) is 16.1 Å². The van der Waals surface area contributed by atoms with Crippen molar-refractivity contribution in [2.45, 2.75) is 13.3 Å². The number of nitriles is 1. The molecule has 0 saturated carbocycles. The Morgan fingerprint density at radius 2 is 2.10 bits per heavy atom. The van der Waals surface area contributed by atoms with Gasteiger partial charge in [0.1, 0.15) is 6.07 Å². The van der Waals surface area contributed by atoms with Gasteiger partial charge in [0.15, 0.2) is 0 Å². The highest BCUT2D eigenvalue weighted by atomic mass is 14.5. The summed E-state index contributed by atoms with van der Waals surface area (Å²) in [5, 5.41) is 22.6. The maximum Gasteiger partial charge on any atom is 0.101 e. The summed E-state index contributed by atoms with van der Waals surface area (Å²) in [6.45, 7) is 5.08. The first-order chi connectivity index (χ1) is 4.63. The zero-order valence-electron chi connectivity index (χ0n) is 5.86. The lowest BCUT2D eigenvalue weighted by atomic mass is 10.1. The normalized spacial score (nSPS) is 8.00. The SMILES string of the molecule is C=C(C#N)C(=N)C(=N)CC. The van der Waals surface area contributed by atoms with E-state index in [2.05, 4.69) is 6.58 Å². The number of allylic oxidation sites excluding steroid dienone is 1. The third-order valence-electron chi connectivity index (χ3n) is 1.09. The standard InChI is InChI=1S/C7H9N3/c1-3-6(9)7(10)5(2)4-8/h9-10H,2-3H2,1H3. The average Bonchev–Trinajstić information content (AvgIpc) is 2.00. The summed E-state index contributed by atoms with van der Waals surface area (Å²) in [5.74, 6) is 0. The number of rotatable bonds is 3. The molecule has 0 aliphatic rings. The molecule has 0 unspecified atom stereocenters. The Labute approximate surface area is 60.0 Å². The predicted molar refractivity (Wildman–Crippen MR) is 40.5 cm³/mol. The second-order valence-electron chi connectivity index (χ2n) is 1.80. The van der Waals surface area contributed by atoms with Gasteiger partial charge in [-0.3, -0.25) is 5.41 Å². The van der Waals surface area contributed by atoms with Gasteiger partial charge in [-0.15, -0.1) is 0 Å². The predicted octanol–water partition coefficient (Wildman–Crippen LogP) is 1.52. The average molecular weight is 135 g/mol. The van der Waals surface area contributed by atoms with E-state index in [4.69, 9.17) is 16.1 Å². The quantitative estimate of drug-likeness (QED) is 0.447. The van der Waals surface area contributed by atoms with Gasteiger partial charge >= 0.3 is 0 Å². The monoisotopic (exact) mass is 135 g/mol. The van der Waals surface area contributed by atoms with E-state index >= 15 is 0 Å². The fraction of sp³-hybridized carbons (Fsp3) is 0.286. The lowest BCUT2D eigenvalue weighted by Gasteiger charge is -1.97. The molecule has 0 spiro atoms. The van der Waals surface area contributed by atoms with Crippen LogP contribution in [0.2, 0.25) is 0 Å². The van der Waals surface area contributed by atoms with Gasteiger partial charge in [-0.25, -0.2) is 0 Å². The van der Waals surface area contributed by atoms with E-state index in [1.807, 2.05) is 0 Å². The Kier molecular flexibility index (Phi) is 3.06. The minimum atomic E-state index is -0.0509. The second-order valence-corrected chi connectivity index (χ2v) is 1.80. The van der Waals surface area contributed by atoms with Crippen LogP contribution in [-0.4, -0.2) is 11.4 Å². The molecule has 0 aliphatic carbocycles. The van der Waals surface area contributed by atoms with E-state index in [0.29, 0.717) is 6.42 Å². The molecule has 2 N–H and O–H groups in total. The van der Waals surface area contributed by atoms with Gasteiger partial charge in [0, 0.05) is 0 Å². The van der Waals surface area contributed by atoms with Crippen LogP contribution in [0.3, 0.4) is 0 Å². The molecule has 0 saturated heterocycles. The molecule has 3 nitrogen and oxygen atoms in total. The molecule has 0 amide bonds. The maximum absolute atomic E-state index is 8.26. The Morgan fingerprint density at radius 3 is 2.40 bits per heavy atom. The first-order valence-electron chi connectivity index (χ1n) is 2.89. The van der Waals surface area contributed by atoms with Crippen molar-refractivity contribution >= 4 is 11.4 Å². The number of hydrogen-bond acceptors (Lipinski definition) is 3. The van der Waals surface area contributed by atoms with Crippen LogP contribution in [0.15, 0.2) is 12.2 Å². The van der Waals surface area contributed by atoms with Crippen molar-refractivity contribution in [3.05, 3.63) is 12.2 Å². The molecule has 0 radical (unpaired) electrons. The molecule has 0 bridgehead atoms. The summed E-state index contributed by atoms with van der Waals surface area (Å²) in [6, 6.07) is 1.72. The van der Waals surface area contributed by atoms with E-state index in [1.165, 1.54) is 0 Å². The molecule has 0 heterocycles. The lowest BCUT2D eigenvalue weighted by molar-refractivity contribution is 1.26. The van der Waals surface area contributed by atoms with Crippen molar-refractivity contribution in [1.82, 2.24) is 0 Å². The molecular weight excluding hydrogens is 126 g/mol. The third kappa shape index (κ3) is 1.82. The summed E-state index contributed by atoms with van der Waals surface area (Å²) in [6.07, 6.45) is 0.472. The first-order valence-corrected chi connectivity index (χ1v) is 2.89. The summed E-state index contributed by atoms with van der Waals surface area (Å²) < 4.78 is 0. The summed E-state index contributed by atoms with van der Waals surface area (Å²) in [5.41, 5.74) is 0.170. The fourth-order valence-electron chi connectivity index (χ4n) is 0.415. The molecule has 0 atom stereocenters. The van der Waals surface area contributed by atoms with Crippen molar-refractivity contribution in [2.75, 3.05) is 0 Å². The van der Waals surface area contributed by atoms with E-state index in [1.54, 1.807) is 13.0 Å². The molecule has 10 heavy (non-hydrogen) atoms. The second kappa shape index (κ2) is 3.57. The largest absolute Gasteiger partial charge is 0.303 e. The molecule has 0 aromatic heterocycles. The zero-order valence-corrected chi connectivity index (χ0v) is 5.86. The Balaban J connectivity index is 4.27. The maximum atomic E-state index is 8.26. The highest BCUT2D eigenvalue weighted by Crippen LogP contribution is 1.94. The molecule has 0 aliphatic heterocycles. The van der Waals surface area contributed by atoms with Gasteiger partial charge in [0.2, 0.25) is 0 Å². The van der Waals surface area contributed by atoms with Crippen LogP contribution in [0.4, 0.5) is 0 Å². The van der Waals surface area contributed by atoms with Gasteiger partial charge in [-0.1, -0.05) is 13.5 Å². The van der Waals surface area contributed by atoms with Crippen molar-refractivity contribution in [3.63, 3.8) is 0 Å². The van der Waals surface area contributed by atoms with Gasteiger partial charge in [-0.05, 0) is 6.42 Å². The number of nitrogens with one attached hydrogen (secondary N) is 2. The van der Waals surface area contributed by atoms with Gasteiger partial charge < -0.3 is 5.41 Å². The molecule has 0 rings (SSSR count). The van der Waals surface area contributed by atoms with Crippen LogP contribution in [-0.2, 0) is 0 Å². The topological polar surface area (TPSA) is 71.5 Å². The molecule has 0 fully saturated rings. The third-order valence-corrected chi connectivity index (χ3v) is 1.09. The Hall–Kier alpha value is -1.43. The Morgan fingerprint density at radius 1 is 1.60 bits per heavy atom. The number of hydrogen-bond donors (Lipinski definition) is 2. The number of nitrogens with zero attached hydrogens (tertiary/aromatic N) is 1. The van der Waals surface area contributed by atoms with Crippen LogP contribution in [0.5, 0.6) is 0 Å². The van der Waals surface area contributed by atoms with E-state index in [-0.39, 0.29) is 17.0 Å². The fourth-order valence-corrected chi connectivity index (χ4v) is 0.415. The van der Waals surface area contributed by atoms with Crippen LogP contribution in [0, 0.1) is 22.1 Å². The van der Waals surface area contributed by atoms with E-state index in [9.17, 15) is 0 Å². The lowest BCUT2D eigenvalue weighted by Crippen LogP contribution is -2.11. The minimum absolute atomic E-state index is 0.0509.